The second kappa shape index (κ2) is 6.43. The summed E-state index contributed by atoms with van der Waals surface area (Å²) in [7, 11) is -1.81. The van der Waals surface area contributed by atoms with Crippen LogP contribution in [0, 0.1) is 5.92 Å². The SMILES string of the molecule is CN(CC1CCCC1)S(=O)(=O)c1ccc(Cl)c(CN)c1. The third-order valence-corrected chi connectivity index (χ3v) is 6.12. The van der Waals surface area contributed by atoms with Gasteiger partial charge in [-0.2, -0.15) is 0 Å². The van der Waals surface area contributed by atoms with Crippen LogP contribution < -0.4 is 5.73 Å². The van der Waals surface area contributed by atoms with Crippen LogP contribution in [-0.4, -0.2) is 26.3 Å². The van der Waals surface area contributed by atoms with Crippen molar-refractivity contribution >= 4 is 21.6 Å². The summed E-state index contributed by atoms with van der Waals surface area (Å²) in [5.41, 5.74) is 6.23. The molecule has 0 bridgehead atoms. The molecule has 1 aliphatic carbocycles. The van der Waals surface area contributed by atoms with Gasteiger partial charge in [0.15, 0.2) is 0 Å². The standard InChI is InChI=1S/C14H21ClN2O2S/c1-17(10-11-4-2-3-5-11)20(18,19)13-6-7-14(15)12(8-13)9-16/h6-8,11H,2-5,9-10,16H2,1H3. The Balaban J connectivity index is 2.20. The summed E-state index contributed by atoms with van der Waals surface area (Å²) < 4.78 is 26.5. The smallest absolute Gasteiger partial charge is 0.242 e. The van der Waals surface area contributed by atoms with E-state index in [1.165, 1.54) is 17.1 Å². The summed E-state index contributed by atoms with van der Waals surface area (Å²) in [6, 6.07) is 4.71. The molecule has 0 aliphatic heterocycles. The maximum absolute atomic E-state index is 12.5. The Labute approximate surface area is 126 Å². The fourth-order valence-electron chi connectivity index (χ4n) is 2.70. The summed E-state index contributed by atoms with van der Waals surface area (Å²) in [5.74, 6) is 0.482. The molecule has 112 valence electrons. The molecule has 0 heterocycles. The summed E-state index contributed by atoms with van der Waals surface area (Å²) in [6.45, 7) is 0.817. The molecule has 1 saturated carbocycles. The molecule has 2 N–H and O–H groups in total. The number of sulfonamides is 1. The van der Waals surface area contributed by atoms with Crippen molar-refractivity contribution < 1.29 is 8.42 Å². The van der Waals surface area contributed by atoms with Crippen molar-refractivity contribution in [1.82, 2.24) is 4.31 Å². The van der Waals surface area contributed by atoms with Crippen LogP contribution in [0.15, 0.2) is 23.1 Å². The molecule has 20 heavy (non-hydrogen) atoms. The van der Waals surface area contributed by atoms with Gasteiger partial charge in [-0.1, -0.05) is 24.4 Å². The zero-order valence-electron chi connectivity index (χ0n) is 11.7. The molecule has 0 spiro atoms. The highest BCUT2D eigenvalue weighted by Crippen LogP contribution is 2.28. The summed E-state index contributed by atoms with van der Waals surface area (Å²) in [6.07, 6.45) is 4.65. The van der Waals surface area contributed by atoms with Gasteiger partial charge in [0.05, 0.1) is 4.90 Å². The van der Waals surface area contributed by atoms with Gasteiger partial charge in [0, 0.05) is 25.2 Å². The number of hydrogen-bond donors (Lipinski definition) is 1. The molecule has 6 heteroatoms. The molecule has 0 atom stereocenters. The van der Waals surface area contributed by atoms with Crippen LogP contribution in [-0.2, 0) is 16.6 Å². The molecule has 4 nitrogen and oxygen atoms in total. The van der Waals surface area contributed by atoms with Crippen molar-refractivity contribution in [3.05, 3.63) is 28.8 Å². The van der Waals surface area contributed by atoms with E-state index in [4.69, 9.17) is 17.3 Å². The quantitative estimate of drug-likeness (QED) is 0.908. The van der Waals surface area contributed by atoms with Crippen LogP contribution in [0.2, 0.25) is 5.02 Å². The highest BCUT2D eigenvalue weighted by molar-refractivity contribution is 7.89. The Morgan fingerprint density at radius 2 is 2.00 bits per heavy atom. The van der Waals surface area contributed by atoms with Crippen LogP contribution in [0.3, 0.4) is 0 Å². The minimum Gasteiger partial charge on any atom is -0.326 e. The summed E-state index contributed by atoms with van der Waals surface area (Å²) >= 11 is 5.98. The average molecular weight is 317 g/mol. The molecule has 2 rings (SSSR count). The van der Waals surface area contributed by atoms with E-state index in [1.807, 2.05) is 0 Å². The van der Waals surface area contributed by atoms with E-state index in [9.17, 15) is 8.42 Å². The first-order valence-electron chi connectivity index (χ1n) is 6.90. The lowest BCUT2D eigenvalue weighted by molar-refractivity contribution is 0.387. The van der Waals surface area contributed by atoms with Gasteiger partial charge in [0.1, 0.15) is 0 Å². The van der Waals surface area contributed by atoms with Gasteiger partial charge in [0.2, 0.25) is 10.0 Å². The van der Waals surface area contributed by atoms with Crippen LogP contribution in [0.1, 0.15) is 31.2 Å². The molecule has 1 aliphatic rings. The number of nitrogens with two attached hydrogens (primary N) is 1. The topological polar surface area (TPSA) is 63.4 Å². The van der Waals surface area contributed by atoms with Crippen LogP contribution in [0.5, 0.6) is 0 Å². The number of hydrogen-bond acceptors (Lipinski definition) is 3. The van der Waals surface area contributed by atoms with Gasteiger partial charge < -0.3 is 5.73 Å². The number of rotatable bonds is 5. The summed E-state index contributed by atoms with van der Waals surface area (Å²) in [4.78, 5) is 0.267. The lowest BCUT2D eigenvalue weighted by atomic mass is 10.1. The lowest BCUT2D eigenvalue weighted by Crippen LogP contribution is -2.31. The van der Waals surface area contributed by atoms with E-state index >= 15 is 0 Å². The van der Waals surface area contributed by atoms with Crippen LogP contribution in [0.4, 0.5) is 0 Å². The molecular weight excluding hydrogens is 296 g/mol. The van der Waals surface area contributed by atoms with Gasteiger partial charge in [-0.15, -0.1) is 0 Å². The van der Waals surface area contributed by atoms with Gasteiger partial charge in [-0.05, 0) is 42.5 Å². The summed E-state index contributed by atoms with van der Waals surface area (Å²) in [5, 5.41) is 0.505. The highest BCUT2D eigenvalue weighted by atomic mass is 35.5. The largest absolute Gasteiger partial charge is 0.326 e. The average Bonchev–Trinajstić information content (AvgIpc) is 2.91. The van der Waals surface area contributed by atoms with E-state index < -0.39 is 10.0 Å². The number of benzene rings is 1. The molecule has 1 aromatic rings. The fourth-order valence-corrected chi connectivity index (χ4v) is 4.20. The Bertz CT molecular complexity index is 569. The van der Waals surface area contributed by atoms with Gasteiger partial charge in [-0.25, -0.2) is 12.7 Å². The molecule has 1 fully saturated rings. The minimum absolute atomic E-state index is 0.231. The van der Waals surface area contributed by atoms with Crippen molar-refractivity contribution in [3.63, 3.8) is 0 Å². The third-order valence-electron chi connectivity index (χ3n) is 3.94. The van der Waals surface area contributed by atoms with E-state index in [1.54, 1.807) is 25.2 Å². The molecule has 0 radical (unpaired) electrons. The zero-order chi connectivity index (χ0) is 14.8. The second-order valence-corrected chi connectivity index (χ2v) is 7.85. The second-order valence-electron chi connectivity index (χ2n) is 5.39. The van der Waals surface area contributed by atoms with Crippen molar-refractivity contribution in [2.24, 2.45) is 11.7 Å². The van der Waals surface area contributed by atoms with E-state index in [0.717, 1.165) is 12.8 Å². The highest BCUT2D eigenvalue weighted by Gasteiger charge is 2.25. The van der Waals surface area contributed by atoms with E-state index in [0.29, 0.717) is 23.0 Å². The maximum atomic E-state index is 12.5. The normalized spacial score (nSPS) is 17.0. The lowest BCUT2D eigenvalue weighted by Gasteiger charge is -2.21. The van der Waals surface area contributed by atoms with Gasteiger partial charge in [0.25, 0.3) is 0 Å². The van der Waals surface area contributed by atoms with Crippen molar-refractivity contribution in [2.45, 2.75) is 37.1 Å². The first kappa shape index (κ1) is 15.8. The van der Waals surface area contributed by atoms with E-state index in [2.05, 4.69) is 0 Å². The fraction of sp³-hybridized carbons (Fsp3) is 0.571. The Morgan fingerprint density at radius 3 is 2.60 bits per heavy atom. The first-order valence-corrected chi connectivity index (χ1v) is 8.72. The Kier molecular flexibility index (Phi) is 5.07. The van der Waals surface area contributed by atoms with Crippen molar-refractivity contribution in [2.75, 3.05) is 13.6 Å². The Morgan fingerprint density at radius 1 is 1.35 bits per heavy atom. The monoisotopic (exact) mass is 316 g/mol. The van der Waals surface area contributed by atoms with Crippen LogP contribution in [0.25, 0.3) is 0 Å². The molecule has 1 aromatic carbocycles. The van der Waals surface area contributed by atoms with Crippen molar-refractivity contribution in [1.29, 1.82) is 0 Å². The number of nitrogens with zero attached hydrogens (tertiary/aromatic N) is 1. The maximum Gasteiger partial charge on any atom is 0.242 e. The molecule has 0 unspecified atom stereocenters. The first-order chi connectivity index (χ1) is 9.45. The number of halogens is 1. The third kappa shape index (κ3) is 3.34. The van der Waals surface area contributed by atoms with Gasteiger partial charge >= 0.3 is 0 Å². The minimum atomic E-state index is -3.46. The predicted molar refractivity (Wildman–Crippen MR) is 81.1 cm³/mol. The Hall–Kier alpha value is -0.620. The predicted octanol–water partition coefficient (Wildman–Crippen LogP) is 2.61. The van der Waals surface area contributed by atoms with Crippen molar-refractivity contribution in [3.8, 4) is 0 Å². The molecule has 0 amide bonds. The van der Waals surface area contributed by atoms with E-state index in [-0.39, 0.29) is 11.4 Å². The molecule has 0 saturated heterocycles. The van der Waals surface area contributed by atoms with Gasteiger partial charge in [-0.3, -0.25) is 0 Å². The zero-order valence-corrected chi connectivity index (χ0v) is 13.3. The molecule has 0 aromatic heterocycles. The van der Waals surface area contributed by atoms with Crippen LogP contribution >= 0.6 is 11.6 Å². The molecular formula is C14H21ClN2O2S.